The normalized spacial score (nSPS) is 25.9. The van der Waals surface area contributed by atoms with Gasteiger partial charge in [-0.3, -0.25) is 14.9 Å². The molecule has 2 fully saturated rings. The molecule has 3 aromatic rings. The maximum atomic E-state index is 13.0. The van der Waals surface area contributed by atoms with Crippen molar-refractivity contribution in [1.82, 2.24) is 25.5 Å². The van der Waals surface area contributed by atoms with Crippen molar-refractivity contribution >= 4 is 22.6 Å². The number of nitrogens with zero attached hydrogens (tertiary/aromatic N) is 3. The highest BCUT2D eigenvalue weighted by Gasteiger charge is 2.52. The molecule has 186 valence electrons. The summed E-state index contributed by atoms with van der Waals surface area (Å²) in [5.74, 6) is -1.39. The van der Waals surface area contributed by atoms with Gasteiger partial charge < -0.3 is 24.8 Å². The number of anilines is 1. The third-order valence-electron chi connectivity index (χ3n) is 5.82. The molecule has 4 heterocycles. The van der Waals surface area contributed by atoms with Gasteiger partial charge >= 0.3 is 6.18 Å². The van der Waals surface area contributed by atoms with Crippen molar-refractivity contribution < 1.29 is 32.2 Å². The fourth-order valence-electron chi connectivity index (χ4n) is 4.31. The van der Waals surface area contributed by atoms with Crippen molar-refractivity contribution in [1.29, 1.82) is 0 Å². The minimum Gasteiger partial charge on any atom is -0.371 e. The van der Waals surface area contributed by atoms with Crippen LogP contribution in [-0.2, 0) is 20.4 Å². The summed E-state index contributed by atoms with van der Waals surface area (Å²) in [5.41, 5.74) is -0.0989. The van der Waals surface area contributed by atoms with Gasteiger partial charge in [0.25, 0.3) is 5.91 Å². The predicted molar refractivity (Wildman–Crippen MR) is 116 cm³/mol. The third-order valence-corrected chi connectivity index (χ3v) is 5.82. The molecule has 0 saturated carbocycles. The Labute approximate surface area is 197 Å². The molecule has 1 aromatic carbocycles. The number of amides is 1. The van der Waals surface area contributed by atoms with E-state index < -0.39 is 42.0 Å². The van der Waals surface area contributed by atoms with Gasteiger partial charge in [-0.15, -0.1) is 0 Å². The minimum absolute atomic E-state index is 0.0577. The molecule has 13 heteroatoms. The largest absolute Gasteiger partial charge is 0.434 e. The van der Waals surface area contributed by atoms with Gasteiger partial charge in [-0.2, -0.15) is 18.3 Å². The van der Waals surface area contributed by atoms with Crippen molar-refractivity contribution in [3.63, 3.8) is 0 Å². The van der Waals surface area contributed by atoms with Crippen LogP contribution in [0.4, 0.5) is 19.0 Å². The molecule has 10 nitrogen and oxygen atoms in total. The number of benzene rings is 1. The lowest BCUT2D eigenvalue weighted by atomic mass is 9.98. The van der Waals surface area contributed by atoms with Crippen LogP contribution in [0.3, 0.4) is 0 Å². The summed E-state index contributed by atoms with van der Waals surface area (Å²) in [7, 11) is 0. The van der Waals surface area contributed by atoms with Crippen molar-refractivity contribution in [2.45, 2.75) is 50.2 Å². The standard InChI is InChI=1S/C22H23F3N6O4/c1-21(2)34-18-13(28-16-9-26-8-15(29-16)22(23,24)25)10-33-14(19(18)35-21)7-27-20(32)17-11-5-3-4-6-12(11)30-31-17/h3-6,8-9,13-14,18-19H,7,10H2,1-2H3,(H,27,32)(H,28,29)(H,30,31)/t13-,14+,18+,19-/m0/s1. The summed E-state index contributed by atoms with van der Waals surface area (Å²) in [6, 6.07) is 6.72. The summed E-state index contributed by atoms with van der Waals surface area (Å²) in [4.78, 5) is 20.0. The maximum Gasteiger partial charge on any atom is 0.434 e. The Bertz CT molecular complexity index is 1230. The van der Waals surface area contributed by atoms with Crippen LogP contribution in [-0.4, -0.2) is 69.4 Å². The van der Waals surface area contributed by atoms with Crippen molar-refractivity contribution in [3.05, 3.63) is 48.0 Å². The Balaban J connectivity index is 1.28. The number of rotatable bonds is 5. The molecule has 2 aliphatic rings. The van der Waals surface area contributed by atoms with E-state index in [9.17, 15) is 18.0 Å². The van der Waals surface area contributed by atoms with Gasteiger partial charge in [0.05, 0.1) is 30.6 Å². The molecule has 0 unspecified atom stereocenters. The van der Waals surface area contributed by atoms with Crippen LogP contribution in [0.1, 0.15) is 30.0 Å². The van der Waals surface area contributed by atoms with E-state index in [1.54, 1.807) is 19.9 Å². The molecule has 0 radical (unpaired) electrons. The number of aromatic nitrogens is 4. The number of alkyl halides is 3. The average Bonchev–Trinajstić information content (AvgIpc) is 3.38. The Hall–Kier alpha value is -3.29. The number of hydrogen-bond acceptors (Lipinski definition) is 8. The molecule has 2 aromatic heterocycles. The third kappa shape index (κ3) is 4.79. The highest BCUT2D eigenvalue weighted by molar-refractivity contribution is 6.04. The van der Waals surface area contributed by atoms with E-state index in [0.717, 1.165) is 5.52 Å². The van der Waals surface area contributed by atoms with E-state index in [0.29, 0.717) is 11.6 Å². The quantitative estimate of drug-likeness (QED) is 0.497. The molecule has 0 spiro atoms. The molecule has 0 aliphatic carbocycles. The SMILES string of the molecule is CC1(C)O[C@@H]2[C@H](O1)[C@@H](Nc1cncc(C(F)(F)F)n1)CO[C@@H]2CNC(=O)c1n[nH]c2ccccc12. The summed E-state index contributed by atoms with van der Waals surface area (Å²) < 4.78 is 57.0. The fraction of sp³-hybridized carbons (Fsp3) is 0.455. The molecular weight excluding hydrogens is 469 g/mol. The maximum absolute atomic E-state index is 13.0. The minimum atomic E-state index is -4.62. The number of nitrogens with one attached hydrogen (secondary N) is 3. The van der Waals surface area contributed by atoms with Gasteiger partial charge in [0, 0.05) is 11.9 Å². The lowest BCUT2D eigenvalue weighted by Crippen LogP contribution is -2.57. The Morgan fingerprint density at radius 1 is 1.20 bits per heavy atom. The van der Waals surface area contributed by atoms with Gasteiger partial charge in [0.2, 0.25) is 0 Å². The van der Waals surface area contributed by atoms with Crippen LogP contribution in [0.5, 0.6) is 0 Å². The predicted octanol–water partition coefficient (Wildman–Crippen LogP) is 2.50. The highest BCUT2D eigenvalue weighted by atomic mass is 19.4. The first kappa shape index (κ1) is 23.5. The van der Waals surface area contributed by atoms with E-state index in [1.807, 2.05) is 18.2 Å². The van der Waals surface area contributed by atoms with Crippen molar-refractivity contribution in [2.75, 3.05) is 18.5 Å². The van der Waals surface area contributed by atoms with E-state index in [4.69, 9.17) is 14.2 Å². The second-order valence-electron chi connectivity index (χ2n) is 8.80. The molecule has 3 N–H and O–H groups in total. The van der Waals surface area contributed by atoms with E-state index in [-0.39, 0.29) is 30.6 Å². The zero-order chi connectivity index (χ0) is 24.8. The molecule has 1 amide bonds. The van der Waals surface area contributed by atoms with Gasteiger partial charge in [0.15, 0.2) is 17.2 Å². The van der Waals surface area contributed by atoms with Crippen LogP contribution in [0.2, 0.25) is 0 Å². The summed E-state index contributed by atoms with van der Waals surface area (Å²) >= 11 is 0. The van der Waals surface area contributed by atoms with E-state index >= 15 is 0 Å². The number of carbonyl (C=O) groups is 1. The van der Waals surface area contributed by atoms with Crippen LogP contribution < -0.4 is 10.6 Å². The molecule has 0 bridgehead atoms. The van der Waals surface area contributed by atoms with Gasteiger partial charge in [-0.25, -0.2) is 4.98 Å². The second-order valence-corrected chi connectivity index (χ2v) is 8.80. The van der Waals surface area contributed by atoms with Gasteiger partial charge in [0.1, 0.15) is 24.1 Å². The van der Waals surface area contributed by atoms with Crippen LogP contribution in [0, 0.1) is 0 Å². The number of fused-ring (bicyclic) bond motifs is 2. The second kappa shape index (κ2) is 8.73. The Kier molecular flexibility index (Phi) is 5.85. The summed E-state index contributed by atoms with van der Waals surface area (Å²) in [6.07, 6.45) is -4.47. The van der Waals surface area contributed by atoms with Crippen molar-refractivity contribution in [2.24, 2.45) is 0 Å². The molecule has 5 rings (SSSR count). The van der Waals surface area contributed by atoms with Crippen LogP contribution in [0.15, 0.2) is 36.7 Å². The first-order chi connectivity index (χ1) is 16.6. The highest BCUT2D eigenvalue weighted by Crippen LogP contribution is 2.36. The Morgan fingerprint density at radius 2 is 1.97 bits per heavy atom. The average molecular weight is 492 g/mol. The van der Waals surface area contributed by atoms with Gasteiger partial charge in [-0.1, -0.05) is 18.2 Å². The lowest BCUT2D eigenvalue weighted by Gasteiger charge is -2.37. The van der Waals surface area contributed by atoms with Crippen molar-refractivity contribution in [3.8, 4) is 0 Å². The molecule has 35 heavy (non-hydrogen) atoms. The van der Waals surface area contributed by atoms with Crippen LogP contribution in [0.25, 0.3) is 10.9 Å². The zero-order valence-corrected chi connectivity index (χ0v) is 18.8. The monoisotopic (exact) mass is 492 g/mol. The number of para-hydroxylation sites is 1. The number of aromatic amines is 1. The zero-order valence-electron chi connectivity index (χ0n) is 18.8. The number of H-pyrrole nitrogens is 1. The van der Waals surface area contributed by atoms with E-state index in [1.165, 1.54) is 6.20 Å². The summed E-state index contributed by atoms with van der Waals surface area (Å²) in [5, 5.41) is 13.4. The number of hydrogen-bond donors (Lipinski definition) is 3. The van der Waals surface area contributed by atoms with Crippen LogP contribution >= 0.6 is 0 Å². The molecule has 2 saturated heterocycles. The number of ether oxygens (including phenoxy) is 3. The number of carbonyl (C=O) groups excluding carboxylic acids is 1. The fourth-order valence-corrected chi connectivity index (χ4v) is 4.31. The topological polar surface area (TPSA) is 123 Å². The molecule has 4 atom stereocenters. The lowest BCUT2D eigenvalue weighted by molar-refractivity contribution is -0.153. The van der Waals surface area contributed by atoms with Gasteiger partial charge in [-0.05, 0) is 19.9 Å². The Morgan fingerprint density at radius 3 is 2.77 bits per heavy atom. The smallest absolute Gasteiger partial charge is 0.371 e. The summed E-state index contributed by atoms with van der Waals surface area (Å²) in [6.45, 7) is 3.68. The first-order valence-electron chi connectivity index (χ1n) is 10.9. The number of halogens is 3. The molecular formula is C22H23F3N6O4. The first-order valence-corrected chi connectivity index (χ1v) is 10.9. The molecule has 2 aliphatic heterocycles. The van der Waals surface area contributed by atoms with E-state index in [2.05, 4.69) is 30.8 Å².